The first-order valence-electron chi connectivity index (χ1n) is 19.4. The second-order valence-corrected chi connectivity index (χ2v) is 18.3. The lowest BCUT2D eigenvalue weighted by atomic mass is 9.73. The van der Waals surface area contributed by atoms with Crippen LogP contribution in [0.1, 0.15) is 118 Å². The van der Waals surface area contributed by atoms with Gasteiger partial charge in [0.1, 0.15) is 12.1 Å². The molecule has 2 aliphatic heterocycles. The van der Waals surface area contributed by atoms with Crippen LogP contribution in [0.5, 0.6) is 0 Å². The third-order valence-electron chi connectivity index (χ3n) is 14.3. The number of nitrogens with two attached hydrogens (primary N) is 1. The summed E-state index contributed by atoms with van der Waals surface area (Å²) in [7, 11) is 0. The Morgan fingerprint density at radius 1 is 0.880 bits per heavy atom. The maximum absolute atomic E-state index is 14.9. The van der Waals surface area contributed by atoms with E-state index in [-0.39, 0.29) is 39.6 Å². The van der Waals surface area contributed by atoms with Crippen molar-refractivity contribution in [1.82, 2.24) is 25.8 Å². The van der Waals surface area contributed by atoms with E-state index in [1.54, 1.807) is 4.90 Å². The fourth-order valence-corrected chi connectivity index (χ4v) is 10.8. The van der Waals surface area contributed by atoms with E-state index in [4.69, 9.17) is 10.5 Å². The third kappa shape index (κ3) is 6.56. The number of morpholine rings is 1. The molecule has 12 heteroatoms. The molecule has 2 heterocycles. The lowest BCUT2D eigenvalue weighted by molar-refractivity contribution is -0.143. The zero-order valence-electron chi connectivity index (χ0n) is 31.2. The molecular weight excluding hydrogens is 636 g/mol. The van der Waals surface area contributed by atoms with Gasteiger partial charge < -0.3 is 31.3 Å². The largest absolute Gasteiger partial charge is 0.379 e. The summed E-state index contributed by atoms with van der Waals surface area (Å²) >= 11 is 0. The molecule has 5 amide bonds. The molecule has 5 N–H and O–H groups in total. The fraction of sp³-hybridized carbons (Fsp3) is 0.868. The predicted octanol–water partition coefficient (Wildman–Crippen LogP) is 3.26. The lowest BCUT2D eigenvalue weighted by Gasteiger charge is -2.43. The SMILES string of the molecule is CC(C)(C)[C@H](NC(=O)NC1(CN2CCOCC2)CCCCC1)C(=O)N1C[C@]2(C[C@H]1C(=O)NC(CC1CCC1)C(=O)C(N)=O)C(C)(C)C21CCC1. The first-order valence-corrected chi connectivity index (χ1v) is 19.4. The number of Topliss-reactive ketones (excluding diaryl/α,β-unsaturated/α-hetero) is 1. The van der Waals surface area contributed by atoms with Gasteiger partial charge >= 0.3 is 6.03 Å². The first kappa shape index (κ1) is 37.0. The van der Waals surface area contributed by atoms with Gasteiger partial charge in [-0.05, 0) is 60.7 Å². The van der Waals surface area contributed by atoms with Crippen LogP contribution in [0.15, 0.2) is 0 Å². The average Bonchev–Trinajstić information content (AvgIpc) is 3.23. The van der Waals surface area contributed by atoms with Crippen LogP contribution in [-0.4, -0.2) is 102 Å². The maximum atomic E-state index is 14.9. The van der Waals surface area contributed by atoms with Crippen molar-refractivity contribution in [2.24, 2.45) is 33.3 Å². The van der Waals surface area contributed by atoms with E-state index in [1.807, 2.05) is 20.8 Å². The smallest absolute Gasteiger partial charge is 0.315 e. The Hall–Kier alpha value is -2.73. The minimum atomic E-state index is -1.06. The number of urea groups is 1. The molecule has 0 bridgehead atoms. The fourth-order valence-electron chi connectivity index (χ4n) is 10.8. The number of ether oxygens (including phenoxy) is 1. The van der Waals surface area contributed by atoms with Crippen LogP contribution in [-0.2, 0) is 23.9 Å². The monoisotopic (exact) mass is 698 g/mol. The van der Waals surface area contributed by atoms with Crippen molar-refractivity contribution in [3.63, 3.8) is 0 Å². The van der Waals surface area contributed by atoms with Gasteiger partial charge in [-0.25, -0.2) is 4.79 Å². The van der Waals surface area contributed by atoms with Gasteiger partial charge in [-0.15, -0.1) is 0 Å². The number of fused-ring (bicyclic) bond motifs is 1. The van der Waals surface area contributed by atoms with Crippen LogP contribution in [0, 0.1) is 27.6 Å². The number of nitrogens with zero attached hydrogens (tertiary/aromatic N) is 2. The van der Waals surface area contributed by atoms with E-state index in [9.17, 15) is 24.0 Å². The second kappa shape index (κ2) is 13.7. The Balaban J connectivity index is 1.23. The molecule has 4 saturated carbocycles. The molecule has 4 aliphatic carbocycles. The first-order chi connectivity index (χ1) is 23.5. The summed E-state index contributed by atoms with van der Waals surface area (Å²) in [5.41, 5.74) is 4.16. The minimum Gasteiger partial charge on any atom is -0.379 e. The number of rotatable bonds is 11. The molecule has 1 unspecified atom stereocenters. The summed E-state index contributed by atoms with van der Waals surface area (Å²) in [4.78, 5) is 72.2. The van der Waals surface area contributed by atoms with Gasteiger partial charge in [0, 0.05) is 31.6 Å². The van der Waals surface area contributed by atoms with E-state index >= 15 is 0 Å². The summed E-state index contributed by atoms with van der Waals surface area (Å²) in [6.07, 6.45) is 12.0. The van der Waals surface area contributed by atoms with Crippen molar-refractivity contribution >= 4 is 29.5 Å². The van der Waals surface area contributed by atoms with Gasteiger partial charge in [0.25, 0.3) is 5.91 Å². The molecule has 280 valence electrons. The van der Waals surface area contributed by atoms with E-state index < -0.39 is 41.1 Å². The predicted molar refractivity (Wildman–Crippen MR) is 189 cm³/mol. The number of hydrogen-bond acceptors (Lipinski definition) is 7. The van der Waals surface area contributed by atoms with Crippen LogP contribution < -0.4 is 21.7 Å². The number of amides is 5. The number of primary amides is 1. The standard InChI is InChI=1S/C38H62N6O6/c1-34(2,3)29(41-33(49)42-36(13-7-6-8-14-36)23-43-17-19-50-20-18-43)32(48)44-24-38(35(4,5)37(38)15-10-16-37)22-27(44)31(47)40-26(28(45)30(39)46)21-25-11-9-12-25/h25-27,29H,6-24H2,1-5H3,(H2,39,46)(H,40,47)(H2,41,42,49)/t26?,27-,29+,38+/m0/s1. The summed E-state index contributed by atoms with van der Waals surface area (Å²) in [5, 5.41) is 9.35. The summed E-state index contributed by atoms with van der Waals surface area (Å²) in [6.45, 7) is 14.5. The van der Waals surface area contributed by atoms with Gasteiger partial charge in [0.2, 0.25) is 17.6 Å². The van der Waals surface area contributed by atoms with Crippen LogP contribution >= 0.6 is 0 Å². The molecule has 0 radical (unpaired) electrons. The van der Waals surface area contributed by atoms with Crippen molar-refractivity contribution in [1.29, 1.82) is 0 Å². The van der Waals surface area contributed by atoms with Crippen LogP contribution in [0.2, 0.25) is 0 Å². The van der Waals surface area contributed by atoms with Crippen LogP contribution in [0.4, 0.5) is 4.79 Å². The highest BCUT2D eigenvalue weighted by Crippen LogP contribution is 2.88. The molecule has 0 aromatic carbocycles. The third-order valence-corrected chi connectivity index (χ3v) is 14.3. The second-order valence-electron chi connectivity index (χ2n) is 18.3. The molecule has 2 saturated heterocycles. The molecule has 4 atom stereocenters. The Morgan fingerprint density at radius 2 is 1.54 bits per heavy atom. The van der Waals surface area contributed by atoms with Gasteiger partial charge in [-0.2, -0.15) is 0 Å². The number of carbonyl (C=O) groups is 5. The molecule has 6 aliphatic rings. The number of hydrogen-bond donors (Lipinski definition) is 4. The molecule has 6 rings (SSSR count). The highest BCUT2D eigenvalue weighted by Gasteiger charge is 2.85. The molecule has 6 fully saturated rings. The van der Waals surface area contributed by atoms with E-state index in [0.717, 1.165) is 90.3 Å². The summed E-state index contributed by atoms with van der Waals surface area (Å²) in [5.74, 6) is -2.31. The Labute approximate surface area is 298 Å². The Kier molecular flexibility index (Phi) is 10.1. The van der Waals surface area contributed by atoms with Crippen molar-refractivity contribution in [2.45, 2.75) is 142 Å². The molecular formula is C38H62N6O6. The number of nitrogens with one attached hydrogen (secondary N) is 3. The van der Waals surface area contributed by atoms with Crippen molar-refractivity contribution < 1.29 is 28.7 Å². The molecule has 0 aromatic rings. The van der Waals surface area contributed by atoms with Gasteiger partial charge in [0.15, 0.2) is 0 Å². The summed E-state index contributed by atoms with van der Waals surface area (Å²) < 4.78 is 5.57. The Bertz CT molecular complexity index is 1340. The minimum absolute atomic E-state index is 0.0604. The zero-order chi connectivity index (χ0) is 36.1. The number of likely N-dealkylation sites (tertiary alicyclic amines) is 1. The zero-order valence-corrected chi connectivity index (χ0v) is 31.2. The highest BCUT2D eigenvalue weighted by atomic mass is 16.5. The van der Waals surface area contributed by atoms with Crippen molar-refractivity contribution in [3.05, 3.63) is 0 Å². The van der Waals surface area contributed by atoms with Crippen molar-refractivity contribution in [2.75, 3.05) is 39.4 Å². The van der Waals surface area contributed by atoms with E-state index in [2.05, 4.69) is 34.7 Å². The molecule has 12 nitrogen and oxygen atoms in total. The lowest BCUT2D eigenvalue weighted by Crippen LogP contribution is -2.64. The van der Waals surface area contributed by atoms with Gasteiger partial charge in [0.05, 0.1) is 24.8 Å². The molecule has 50 heavy (non-hydrogen) atoms. The van der Waals surface area contributed by atoms with E-state index in [1.165, 1.54) is 0 Å². The highest BCUT2D eigenvalue weighted by molar-refractivity contribution is 6.37. The van der Waals surface area contributed by atoms with Crippen LogP contribution in [0.3, 0.4) is 0 Å². The maximum Gasteiger partial charge on any atom is 0.315 e. The van der Waals surface area contributed by atoms with Crippen molar-refractivity contribution in [3.8, 4) is 0 Å². The molecule has 2 spiro atoms. The number of carbonyl (C=O) groups excluding carboxylic acids is 5. The number of ketones is 1. The topological polar surface area (TPSA) is 163 Å². The van der Waals surface area contributed by atoms with Crippen LogP contribution in [0.25, 0.3) is 0 Å². The van der Waals surface area contributed by atoms with Gasteiger partial charge in [-0.3, -0.25) is 24.1 Å². The molecule has 0 aromatic heterocycles. The quantitative estimate of drug-likeness (QED) is 0.241. The normalized spacial score (nSPS) is 29.7. The van der Waals surface area contributed by atoms with E-state index in [0.29, 0.717) is 32.6 Å². The summed E-state index contributed by atoms with van der Waals surface area (Å²) in [6, 6.07) is -3.09. The average molecular weight is 699 g/mol. The Morgan fingerprint density at radius 3 is 2.06 bits per heavy atom. The van der Waals surface area contributed by atoms with Gasteiger partial charge in [-0.1, -0.05) is 79.6 Å².